The van der Waals surface area contributed by atoms with Crippen molar-refractivity contribution >= 4 is 24.2 Å². The van der Waals surface area contributed by atoms with Crippen molar-refractivity contribution in [3.05, 3.63) is 23.4 Å². The molecule has 0 aliphatic carbocycles. The summed E-state index contributed by atoms with van der Waals surface area (Å²) in [6.07, 6.45) is 2.71. The number of nitrogens with one attached hydrogen (secondary N) is 1. The van der Waals surface area contributed by atoms with Crippen LogP contribution < -0.4 is 11.1 Å². The number of carbonyl (C=O) groups is 1. The maximum atomic E-state index is 12.2. The summed E-state index contributed by atoms with van der Waals surface area (Å²) >= 11 is 0. The van der Waals surface area contributed by atoms with Crippen LogP contribution in [0.15, 0.2) is 12.1 Å². The van der Waals surface area contributed by atoms with Gasteiger partial charge in [0.15, 0.2) is 0 Å². The fourth-order valence-corrected chi connectivity index (χ4v) is 3.30. The van der Waals surface area contributed by atoms with Gasteiger partial charge >= 0.3 is 5.97 Å². The number of carboxylic acids is 1. The SMILES string of the molecule is Cl.N[C@@H](CCN(CCCCc1ccc2c(n1)NCCC2)CCOCC(F)F)C(=O)O. The molecule has 30 heavy (non-hydrogen) atoms. The van der Waals surface area contributed by atoms with Gasteiger partial charge in [-0.15, -0.1) is 12.4 Å². The molecule has 7 nitrogen and oxygen atoms in total. The minimum Gasteiger partial charge on any atom is -0.480 e. The molecule has 10 heteroatoms. The highest BCUT2D eigenvalue weighted by Crippen LogP contribution is 2.20. The Hall–Kier alpha value is -1.55. The van der Waals surface area contributed by atoms with E-state index in [-0.39, 0.29) is 19.0 Å². The van der Waals surface area contributed by atoms with Crippen LogP contribution >= 0.6 is 12.4 Å². The lowest BCUT2D eigenvalue weighted by atomic mass is 10.1. The van der Waals surface area contributed by atoms with Crippen molar-refractivity contribution in [3.8, 4) is 0 Å². The first-order valence-electron chi connectivity index (χ1n) is 10.2. The molecular formula is C20H33ClF2N4O3. The Bertz CT molecular complexity index is 640. The molecule has 1 aliphatic heterocycles. The molecule has 0 amide bonds. The predicted octanol–water partition coefficient (Wildman–Crippen LogP) is 2.57. The number of anilines is 1. The van der Waals surface area contributed by atoms with Crippen molar-refractivity contribution in [2.45, 2.75) is 51.0 Å². The van der Waals surface area contributed by atoms with Crippen LogP contribution in [0.25, 0.3) is 0 Å². The first-order valence-corrected chi connectivity index (χ1v) is 10.2. The molecule has 0 aromatic carbocycles. The molecule has 1 aromatic heterocycles. The summed E-state index contributed by atoms with van der Waals surface area (Å²) in [5.74, 6) is -0.0415. The molecule has 2 heterocycles. The second-order valence-electron chi connectivity index (χ2n) is 7.34. The molecule has 2 rings (SSSR count). The summed E-state index contributed by atoms with van der Waals surface area (Å²) in [6, 6.07) is 3.30. The van der Waals surface area contributed by atoms with E-state index in [0.29, 0.717) is 19.5 Å². The Morgan fingerprint density at radius 1 is 1.30 bits per heavy atom. The Morgan fingerprint density at radius 2 is 2.10 bits per heavy atom. The summed E-state index contributed by atoms with van der Waals surface area (Å²) in [5.41, 5.74) is 7.90. The highest BCUT2D eigenvalue weighted by atomic mass is 35.5. The van der Waals surface area contributed by atoms with Crippen LogP contribution in [-0.2, 0) is 22.4 Å². The normalized spacial score (nSPS) is 14.2. The average Bonchev–Trinajstić information content (AvgIpc) is 2.71. The van der Waals surface area contributed by atoms with Crippen molar-refractivity contribution in [2.24, 2.45) is 5.73 Å². The maximum Gasteiger partial charge on any atom is 0.320 e. The van der Waals surface area contributed by atoms with Crippen LogP contribution in [0.4, 0.5) is 14.6 Å². The van der Waals surface area contributed by atoms with E-state index in [0.717, 1.165) is 56.7 Å². The van der Waals surface area contributed by atoms with E-state index in [2.05, 4.69) is 22.4 Å². The highest BCUT2D eigenvalue weighted by molar-refractivity contribution is 5.85. The Kier molecular flexibility index (Phi) is 12.8. The van der Waals surface area contributed by atoms with Crippen LogP contribution in [0.3, 0.4) is 0 Å². The lowest BCUT2D eigenvalue weighted by molar-refractivity contribution is -0.138. The largest absolute Gasteiger partial charge is 0.480 e. The molecule has 4 N–H and O–H groups in total. The molecule has 0 bridgehead atoms. The van der Waals surface area contributed by atoms with Crippen LogP contribution in [0.5, 0.6) is 0 Å². The zero-order chi connectivity index (χ0) is 21.1. The Balaban J connectivity index is 0.00000450. The average molecular weight is 451 g/mol. The molecule has 0 saturated carbocycles. The van der Waals surface area contributed by atoms with Gasteiger partial charge in [0.2, 0.25) is 0 Å². The van der Waals surface area contributed by atoms with Crippen molar-refractivity contribution < 1.29 is 23.4 Å². The molecule has 0 saturated heterocycles. The quantitative estimate of drug-likeness (QED) is 0.374. The number of halogens is 3. The standard InChI is InChI=1S/C20H32F2N4O3.ClH/c21-18(22)14-29-13-12-26(11-8-17(23)20(27)28)10-2-1-5-16-7-6-15-4-3-9-24-19(15)25-16;/h6-7,17-18H,1-5,8-14,23H2,(H,24,25)(H,27,28);1H/t17-;/m0./s1. The van der Waals surface area contributed by atoms with Crippen molar-refractivity contribution in [1.82, 2.24) is 9.88 Å². The summed E-state index contributed by atoms with van der Waals surface area (Å²) in [6.45, 7) is 2.26. The molecule has 0 unspecified atom stereocenters. The Labute approximate surface area is 182 Å². The van der Waals surface area contributed by atoms with Crippen LogP contribution in [0, 0.1) is 0 Å². The first-order chi connectivity index (χ1) is 14.0. The molecule has 1 aromatic rings. The highest BCUT2D eigenvalue weighted by Gasteiger charge is 2.14. The van der Waals surface area contributed by atoms with Gasteiger partial charge in [-0.25, -0.2) is 13.8 Å². The fraction of sp³-hybridized carbons (Fsp3) is 0.700. The molecule has 1 aliphatic rings. The third-order valence-electron chi connectivity index (χ3n) is 4.98. The van der Waals surface area contributed by atoms with Gasteiger partial charge in [0, 0.05) is 25.3 Å². The number of alkyl halides is 2. The molecule has 0 fully saturated rings. The number of ether oxygens (including phenoxy) is 1. The third kappa shape index (κ3) is 9.97. The van der Waals surface area contributed by atoms with Gasteiger partial charge in [-0.2, -0.15) is 0 Å². The molecule has 1 atom stereocenters. The zero-order valence-corrected chi connectivity index (χ0v) is 18.0. The van der Waals surface area contributed by atoms with Crippen molar-refractivity contribution in [2.75, 3.05) is 44.7 Å². The van der Waals surface area contributed by atoms with E-state index in [4.69, 9.17) is 15.6 Å². The van der Waals surface area contributed by atoms with Gasteiger partial charge in [0.1, 0.15) is 18.5 Å². The van der Waals surface area contributed by atoms with Gasteiger partial charge in [-0.3, -0.25) is 4.79 Å². The zero-order valence-electron chi connectivity index (χ0n) is 17.2. The van der Waals surface area contributed by atoms with Crippen molar-refractivity contribution in [1.29, 1.82) is 0 Å². The number of hydrogen-bond donors (Lipinski definition) is 3. The van der Waals surface area contributed by atoms with Crippen LogP contribution in [0.1, 0.15) is 36.9 Å². The summed E-state index contributed by atoms with van der Waals surface area (Å²) in [7, 11) is 0. The van der Waals surface area contributed by atoms with E-state index in [1.165, 1.54) is 5.56 Å². The fourth-order valence-electron chi connectivity index (χ4n) is 3.30. The number of aromatic nitrogens is 1. The number of fused-ring (bicyclic) bond motifs is 1. The number of nitrogens with two attached hydrogens (primary N) is 1. The lowest BCUT2D eigenvalue weighted by Crippen LogP contribution is -2.37. The van der Waals surface area contributed by atoms with E-state index in [1.54, 1.807) is 0 Å². The number of aryl methyl sites for hydroxylation is 2. The van der Waals surface area contributed by atoms with Gasteiger partial charge < -0.3 is 25.8 Å². The van der Waals surface area contributed by atoms with Crippen LogP contribution in [-0.4, -0.2) is 72.8 Å². The van der Waals surface area contributed by atoms with E-state index < -0.39 is 25.0 Å². The second-order valence-corrected chi connectivity index (χ2v) is 7.34. The summed E-state index contributed by atoms with van der Waals surface area (Å²) < 4.78 is 29.3. The summed E-state index contributed by atoms with van der Waals surface area (Å²) in [4.78, 5) is 17.6. The van der Waals surface area contributed by atoms with Gasteiger partial charge in [0.05, 0.1) is 6.61 Å². The number of rotatable bonds is 14. The number of unbranched alkanes of at least 4 members (excludes halogenated alkanes) is 1. The maximum absolute atomic E-state index is 12.2. The number of pyridine rings is 1. The molecular weight excluding hydrogens is 418 g/mol. The van der Waals surface area contributed by atoms with Gasteiger partial charge in [0.25, 0.3) is 6.43 Å². The molecule has 0 radical (unpaired) electrons. The van der Waals surface area contributed by atoms with E-state index in [9.17, 15) is 13.6 Å². The van der Waals surface area contributed by atoms with Gasteiger partial charge in [-0.05, 0) is 56.7 Å². The Morgan fingerprint density at radius 3 is 2.83 bits per heavy atom. The van der Waals surface area contributed by atoms with E-state index in [1.807, 2.05) is 4.90 Å². The lowest BCUT2D eigenvalue weighted by Gasteiger charge is -2.23. The topological polar surface area (TPSA) is 101 Å². The van der Waals surface area contributed by atoms with Crippen LogP contribution in [0.2, 0.25) is 0 Å². The van der Waals surface area contributed by atoms with E-state index >= 15 is 0 Å². The minimum absolute atomic E-state index is 0. The number of hydrogen-bond acceptors (Lipinski definition) is 6. The predicted molar refractivity (Wildman–Crippen MR) is 115 cm³/mol. The van der Waals surface area contributed by atoms with Crippen molar-refractivity contribution in [3.63, 3.8) is 0 Å². The number of nitrogens with zero attached hydrogens (tertiary/aromatic N) is 2. The third-order valence-corrected chi connectivity index (χ3v) is 4.98. The number of carboxylic acid groups (broad SMARTS) is 1. The van der Waals surface area contributed by atoms with Gasteiger partial charge in [-0.1, -0.05) is 6.07 Å². The smallest absolute Gasteiger partial charge is 0.320 e. The number of aliphatic carboxylic acids is 1. The second kappa shape index (κ2) is 14.5. The summed E-state index contributed by atoms with van der Waals surface area (Å²) in [5, 5.41) is 12.3. The first kappa shape index (κ1) is 26.5. The monoisotopic (exact) mass is 450 g/mol. The minimum atomic E-state index is -2.48. The molecule has 0 spiro atoms. The molecule has 172 valence electrons.